The van der Waals surface area contributed by atoms with Crippen molar-refractivity contribution in [1.82, 2.24) is 0 Å². The number of fused-ring (bicyclic) bond motifs is 1. The van der Waals surface area contributed by atoms with Crippen molar-refractivity contribution in [2.75, 3.05) is 5.32 Å². The van der Waals surface area contributed by atoms with Crippen LogP contribution in [0.2, 0.25) is 0 Å². The topological polar surface area (TPSA) is 66.4 Å². The van der Waals surface area contributed by atoms with Crippen molar-refractivity contribution in [2.24, 2.45) is 0 Å². The van der Waals surface area contributed by atoms with E-state index in [0.717, 1.165) is 36.1 Å². The van der Waals surface area contributed by atoms with E-state index >= 15 is 0 Å². The Balaban J connectivity index is 2.48. The number of carbonyl (C=O) groups is 2. The molecule has 0 atom stereocenters. The summed E-state index contributed by atoms with van der Waals surface area (Å²) in [5, 5.41) is 11.8. The van der Waals surface area contributed by atoms with E-state index in [1.54, 1.807) is 12.1 Å². The van der Waals surface area contributed by atoms with E-state index in [1.165, 1.54) is 6.92 Å². The molecule has 0 aromatic heterocycles. The van der Waals surface area contributed by atoms with Crippen molar-refractivity contribution in [2.45, 2.75) is 26.2 Å². The van der Waals surface area contributed by atoms with Crippen LogP contribution < -0.4 is 5.32 Å². The Hall–Kier alpha value is -1.84. The van der Waals surface area contributed by atoms with E-state index in [-0.39, 0.29) is 5.91 Å². The van der Waals surface area contributed by atoms with Crippen LogP contribution in [0.4, 0.5) is 5.69 Å². The molecule has 84 valence electrons. The number of carboxylic acid groups (broad SMARTS) is 1. The predicted octanol–water partition coefficient (Wildman–Crippen LogP) is 1.83. The first-order valence-corrected chi connectivity index (χ1v) is 5.25. The smallest absolute Gasteiger partial charge is 0.335 e. The van der Waals surface area contributed by atoms with Gasteiger partial charge in [0.15, 0.2) is 0 Å². The highest BCUT2D eigenvalue weighted by atomic mass is 16.4. The summed E-state index contributed by atoms with van der Waals surface area (Å²) in [7, 11) is 0. The van der Waals surface area contributed by atoms with Gasteiger partial charge in [-0.2, -0.15) is 0 Å². The second-order valence-electron chi connectivity index (χ2n) is 3.96. The lowest BCUT2D eigenvalue weighted by Crippen LogP contribution is -2.10. The van der Waals surface area contributed by atoms with Crippen LogP contribution in [0.25, 0.3) is 0 Å². The van der Waals surface area contributed by atoms with Crippen molar-refractivity contribution < 1.29 is 14.7 Å². The third kappa shape index (κ3) is 1.78. The molecule has 0 unspecified atom stereocenters. The van der Waals surface area contributed by atoms with Crippen LogP contribution >= 0.6 is 0 Å². The van der Waals surface area contributed by atoms with E-state index in [2.05, 4.69) is 5.32 Å². The number of benzene rings is 1. The van der Waals surface area contributed by atoms with Gasteiger partial charge in [-0.25, -0.2) is 4.79 Å². The lowest BCUT2D eigenvalue weighted by atomic mass is 10.0. The average molecular weight is 219 g/mol. The second-order valence-corrected chi connectivity index (χ2v) is 3.96. The highest BCUT2D eigenvalue weighted by Crippen LogP contribution is 2.31. The van der Waals surface area contributed by atoms with Crippen molar-refractivity contribution in [3.63, 3.8) is 0 Å². The van der Waals surface area contributed by atoms with Crippen LogP contribution in [0, 0.1) is 0 Å². The summed E-state index contributed by atoms with van der Waals surface area (Å²) in [6, 6.07) is 3.24. The van der Waals surface area contributed by atoms with Crippen LogP contribution in [-0.4, -0.2) is 17.0 Å². The third-order valence-corrected chi connectivity index (χ3v) is 2.83. The van der Waals surface area contributed by atoms with Gasteiger partial charge in [0.05, 0.1) is 5.56 Å². The largest absolute Gasteiger partial charge is 0.478 e. The Labute approximate surface area is 93.3 Å². The van der Waals surface area contributed by atoms with Gasteiger partial charge in [0.1, 0.15) is 0 Å². The van der Waals surface area contributed by atoms with Crippen molar-refractivity contribution in [3.05, 3.63) is 28.8 Å². The van der Waals surface area contributed by atoms with Gasteiger partial charge in [-0.1, -0.05) is 0 Å². The van der Waals surface area contributed by atoms with E-state index in [4.69, 9.17) is 5.11 Å². The van der Waals surface area contributed by atoms with Crippen molar-refractivity contribution >= 4 is 17.6 Å². The van der Waals surface area contributed by atoms with Crippen LogP contribution in [0.5, 0.6) is 0 Å². The molecule has 0 spiro atoms. The quantitative estimate of drug-likeness (QED) is 0.797. The van der Waals surface area contributed by atoms with E-state index in [9.17, 15) is 9.59 Å². The zero-order chi connectivity index (χ0) is 11.7. The lowest BCUT2D eigenvalue weighted by Gasteiger charge is -2.10. The minimum Gasteiger partial charge on any atom is -0.478 e. The van der Waals surface area contributed by atoms with Gasteiger partial charge in [0, 0.05) is 12.6 Å². The maximum Gasteiger partial charge on any atom is 0.335 e. The molecule has 0 saturated carbocycles. The molecule has 2 N–H and O–H groups in total. The summed E-state index contributed by atoms with van der Waals surface area (Å²) in [5.41, 5.74) is 2.97. The van der Waals surface area contributed by atoms with Crippen LogP contribution in [0.15, 0.2) is 12.1 Å². The van der Waals surface area contributed by atoms with Gasteiger partial charge in [-0.15, -0.1) is 0 Å². The number of amides is 1. The van der Waals surface area contributed by atoms with E-state index < -0.39 is 5.97 Å². The standard InChI is InChI=1S/C12H13NO3/c1-7(14)13-11-6-5-10(12(15)16)8-3-2-4-9(8)11/h5-6H,2-4H2,1H3,(H,13,14)(H,15,16). The summed E-state index contributed by atoms with van der Waals surface area (Å²) in [6.45, 7) is 1.45. The third-order valence-electron chi connectivity index (χ3n) is 2.83. The second kappa shape index (κ2) is 3.96. The predicted molar refractivity (Wildman–Crippen MR) is 59.7 cm³/mol. The molecule has 1 amide bonds. The molecule has 4 heteroatoms. The number of aromatic carboxylic acids is 1. The Morgan fingerprint density at radius 3 is 2.56 bits per heavy atom. The molecule has 1 aromatic carbocycles. The zero-order valence-electron chi connectivity index (χ0n) is 9.04. The summed E-state index contributed by atoms with van der Waals surface area (Å²) in [6.07, 6.45) is 2.57. The monoisotopic (exact) mass is 219 g/mol. The van der Waals surface area contributed by atoms with Gasteiger partial charge >= 0.3 is 5.97 Å². The molecule has 2 rings (SSSR count). The Kier molecular flexibility index (Phi) is 2.64. The summed E-state index contributed by atoms with van der Waals surface area (Å²) >= 11 is 0. The molecule has 0 heterocycles. The number of anilines is 1. The summed E-state index contributed by atoms with van der Waals surface area (Å²) in [5.74, 6) is -1.02. The molecule has 16 heavy (non-hydrogen) atoms. The fraction of sp³-hybridized carbons (Fsp3) is 0.333. The maximum atomic E-state index is 11.0. The van der Waals surface area contributed by atoms with Gasteiger partial charge in [-0.05, 0) is 42.5 Å². The molecule has 0 radical (unpaired) electrons. The lowest BCUT2D eigenvalue weighted by molar-refractivity contribution is -0.114. The SMILES string of the molecule is CC(=O)Nc1ccc(C(=O)O)c2c1CCC2. The summed E-state index contributed by atoms with van der Waals surface area (Å²) in [4.78, 5) is 22.0. The van der Waals surface area contributed by atoms with Crippen molar-refractivity contribution in [3.8, 4) is 0 Å². The molecule has 4 nitrogen and oxygen atoms in total. The number of carboxylic acids is 1. The molecule has 1 aliphatic carbocycles. The van der Waals surface area contributed by atoms with Gasteiger partial charge in [-0.3, -0.25) is 4.79 Å². The van der Waals surface area contributed by atoms with Crippen LogP contribution in [0.3, 0.4) is 0 Å². The van der Waals surface area contributed by atoms with Gasteiger partial charge in [0.25, 0.3) is 0 Å². The Morgan fingerprint density at radius 2 is 1.94 bits per heavy atom. The molecule has 0 saturated heterocycles. The number of hydrogen-bond acceptors (Lipinski definition) is 2. The number of rotatable bonds is 2. The highest BCUT2D eigenvalue weighted by molar-refractivity contribution is 5.94. The molecular formula is C12H13NO3. The first-order valence-electron chi connectivity index (χ1n) is 5.25. The average Bonchev–Trinajstić information content (AvgIpc) is 2.65. The van der Waals surface area contributed by atoms with Crippen LogP contribution in [-0.2, 0) is 17.6 Å². The molecule has 0 fully saturated rings. The van der Waals surface area contributed by atoms with Crippen LogP contribution in [0.1, 0.15) is 34.8 Å². The maximum absolute atomic E-state index is 11.0. The highest BCUT2D eigenvalue weighted by Gasteiger charge is 2.21. The minimum atomic E-state index is -0.896. The van der Waals surface area contributed by atoms with Gasteiger partial charge in [0.2, 0.25) is 5.91 Å². The fourth-order valence-corrected chi connectivity index (χ4v) is 2.21. The van der Waals surface area contributed by atoms with E-state index in [0.29, 0.717) is 5.56 Å². The fourth-order valence-electron chi connectivity index (χ4n) is 2.21. The number of nitrogens with one attached hydrogen (secondary N) is 1. The summed E-state index contributed by atoms with van der Waals surface area (Å²) < 4.78 is 0. The van der Waals surface area contributed by atoms with E-state index in [1.807, 2.05) is 0 Å². The zero-order valence-corrected chi connectivity index (χ0v) is 9.04. The number of hydrogen-bond donors (Lipinski definition) is 2. The first-order chi connectivity index (χ1) is 7.59. The molecule has 0 bridgehead atoms. The molecule has 0 aliphatic heterocycles. The molecule has 1 aromatic rings. The van der Waals surface area contributed by atoms with Crippen molar-refractivity contribution in [1.29, 1.82) is 0 Å². The normalized spacial score (nSPS) is 13.3. The Morgan fingerprint density at radius 1 is 1.25 bits per heavy atom. The molecular weight excluding hydrogens is 206 g/mol. The number of carbonyl (C=O) groups excluding carboxylic acids is 1. The molecule has 1 aliphatic rings. The first kappa shape index (κ1) is 10.7. The minimum absolute atomic E-state index is 0.128. The Bertz CT molecular complexity index is 466. The van der Waals surface area contributed by atoms with Gasteiger partial charge < -0.3 is 10.4 Å².